The van der Waals surface area contributed by atoms with Gasteiger partial charge in [0.25, 0.3) is 0 Å². The van der Waals surface area contributed by atoms with Crippen LogP contribution in [0.25, 0.3) is 0 Å². The molecule has 1 aliphatic heterocycles. The van der Waals surface area contributed by atoms with Crippen LogP contribution in [0.4, 0.5) is 5.82 Å². The Hall–Kier alpha value is -2.18. The molecule has 23 heavy (non-hydrogen) atoms. The van der Waals surface area contributed by atoms with E-state index in [1.807, 2.05) is 43.1 Å². The lowest BCUT2D eigenvalue weighted by Crippen LogP contribution is -2.33. The van der Waals surface area contributed by atoms with Crippen LogP contribution in [0.2, 0.25) is 0 Å². The van der Waals surface area contributed by atoms with Crippen molar-refractivity contribution in [2.45, 2.75) is 26.1 Å². The number of ether oxygens (including phenoxy) is 1. The largest absolute Gasteiger partial charge is 0.487 e. The van der Waals surface area contributed by atoms with Gasteiger partial charge in [-0.05, 0) is 18.6 Å². The molecular formula is C17H21N3O3. The molecule has 1 aromatic carbocycles. The SMILES string of the molecule is Cc1nc2c(c(N(C)CC(O)CO)n1)Cc1ccccc1OC2. The van der Waals surface area contributed by atoms with E-state index in [4.69, 9.17) is 9.84 Å². The van der Waals surface area contributed by atoms with Crippen LogP contribution in [0, 0.1) is 6.92 Å². The molecule has 2 N–H and O–H groups in total. The van der Waals surface area contributed by atoms with E-state index >= 15 is 0 Å². The summed E-state index contributed by atoms with van der Waals surface area (Å²) in [7, 11) is 1.86. The molecule has 3 rings (SSSR count). The third kappa shape index (κ3) is 3.28. The second kappa shape index (κ2) is 6.52. The third-order valence-electron chi connectivity index (χ3n) is 3.94. The summed E-state index contributed by atoms with van der Waals surface area (Å²) in [6, 6.07) is 7.94. The Morgan fingerprint density at radius 3 is 2.87 bits per heavy atom. The smallest absolute Gasteiger partial charge is 0.136 e. The van der Waals surface area contributed by atoms with Crippen molar-refractivity contribution in [3.63, 3.8) is 0 Å². The van der Waals surface area contributed by atoms with Gasteiger partial charge in [-0.15, -0.1) is 0 Å². The van der Waals surface area contributed by atoms with Crippen LogP contribution in [-0.2, 0) is 13.0 Å². The summed E-state index contributed by atoms with van der Waals surface area (Å²) in [5.74, 6) is 2.31. The zero-order valence-electron chi connectivity index (χ0n) is 13.4. The van der Waals surface area contributed by atoms with Gasteiger partial charge in [-0.1, -0.05) is 18.2 Å². The molecule has 0 radical (unpaired) electrons. The topological polar surface area (TPSA) is 78.7 Å². The molecule has 1 aliphatic rings. The lowest BCUT2D eigenvalue weighted by Gasteiger charge is -2.24. The van der Waals surface area contributed by atoms with Crippen LogP contribution in [0.15, 0.2) is 24.3 Å². The maximum Gasteiger partial charge on any atom is 0.136 e. The molecule has 0 saturated carbocycles. The van der Waals surface area contributed by atoms with Gasteiger partial charge in [0.15, 0.2) is 0 Å². The first kappa shape index (κ1) is 15.7. The predicted octanol–water partition coefficient (Wildman–Crippen LogP) is 1.06. The molecule has 2 heterocycles. The summed E-state index contributed by atoms with van der Waals surface area (Å²) in [4.78, 5) is 10.9. The van der Waals surface area contributed by atoms with E-state index < -0.39 is 6.10 Å². The van der Waals surface area contributed by atoms with Crippen LogP contribution in [0.1, 0.15) is 22.6 Å². The average Bonchev–Trinajstić information content (AvgIpc) is 2.73. The number of aryl methyl sites for hydroxylation is 1. The van der Waals surface area contributed by atoms with Crippen molar-refractivity contribution in [2.75, 3.05) is 25.1 Å². The van der Waals surface area contributed by atoms with Gasteiger partial charge in [-0.25, -0.2) is 9.97 Å². The number of aliphatic hydroxyl groups excluding tert-OH is 2. The summed E-state index contributed by atoms with van der Waals surface area (Å²) in [5.41, 5.74) is 2.97. The molecule has 122 valence electrons. The van der Waals surface area contributed by atoms with E-state index in [0.717, 1.165) is 28.4 Å². The minimum Gasteiger partial charge on any atom is -0.487 e. The second-order valence-corrected chi connectivity index (χ2v) is 5.81. The third-order valence-corrected chi connectivity index (χ3v) is 3.94. The molecule has 0 fully saturated rings. The average molecular weight is 315 g/mol. The molecule has 2 aromatic rings. The number of aromatic nitrogens is 2. The number of para-hydroxylation sites is 1. The first-order chi connectivity index (χ1) is 11.1. The highest BCUT2D eigenvalue weighted by atomic mass is 16.5. The molecule has 0 aliphatic carbocycles. The number of hydrogen-bond acceptors (Lipinski definition) is 6. The van der Waals surface area contributed by atoms with Crippen molar-refractivity contribution < 1.29 is 14.9 Å². The monoisotopic (exact) mass is 315 g/mol. The Morgan fingerprint density at radius 1 is 1.30 bits per heavy atom. The number of likely N-dealkylation sites (N-methyl/N-ethyl adjacent to an activating group) is 1. The molecule has 0 bridgehead atoms. The molecule has 6 heteroatoms. The number of rotatable bonds is 4. The van der Waals surface area contributed by atoms with Crippen molar-refractivity contribution in [3.05, 3.63) is 46.9 Å². The maximum atomic E-state index is 9.72. The zero-order valence-corrected chi connectivity index (χ0v) is 13.4. The Morgan fingerprint density at radius 2 is 2.09 bits per heavy atom. The fourth-order valence-electron chi connectivity index (χ4n) is 2.84. The second-order valence-electron chi connectivity index (χ2n) is 5.81. The van der Waals surface area contributed by atoms with Gasteiger partial charge in [0, 0.05) is 25.6 Å². The summed E-state index contributed by atoms with van der Waals surface area (Å²) in [6.45, 7) is 2.28. The van der Waals surface area contributed by atoms with Gasteiger partial charge < -0.3 is 19.8 Å². The Kier molecular flexibility index (Phi) is 4.45. The zero-order chi connectivity index (χ0) is 16.4. The Labute approximate surface area is 135 Å². The van der Waals surface area contributed by atoms with Crippen LogP contribution >= 0.6 is 0 Å². The van der Waals surface area contributed by atoms with Gasteiger partial charge in [-0.2, -0.15) is 0 Å². The van der Waals surface area contributed by atoms with E-state index in [0.29, 0.717) is 25.4 Å². The fourth-order valence-corrected chi connectivity index (χ4v) is 2.84. The standard InChI is InChI=1S/C17H21N3O3/c1-11-18-15-10-23-16-6-4-3-5-12(16)7-14(15)17(19-11)20(2)8-13(22)9-21/h3-6,13,21-22H,7-10H2,1-2H3. The highest BCUT2D eigenvalue weighted by molar-refractivity contribution is 5.53. The van der Waals surface area contributed by atoms with Crippen LogP contribution in [-0.4, -0.2) is 46.5 Å². The fraction of sp³-hybridized carbons (Fsp3) is 0.412. The molecule has 1 atom stereocenters. The summed E-state index contributed by atoms with van der Waals surface area (Å²) in [5, 5.41) is 18.8. The molecule has 0 saturated heterocycles. The van der Waals surface area contributed by atoms with Gasteiger partial charge in [0.1, 0.15) is 24.0 Å². The normalized spacial score (nSPS) is 14.3. The Balaban J connectivity index is 2.01. The van der Waals surface area contributed by atoms with Gasteiger partial charge in [0.2, 0.25) is 0 Å². The highest BCUT2D eigenvalue weighted by Gasteiger charge is 2.22. The van der Waals surface area contributed by atoms with Crippen LogP contribution in [0.3, 0.4) is 0 Å². The maximum absolute atomic E-state index is 9.72. The molecule has 1 aromatic heterocycles. The van der Waals surface area contributed by atoms with Crippen LogP contribution < -0.4 is 9.64 Å². The molecule has 0 amide bonds. The van der Waals surface area contributed by atoms with Gasteiger partial charge in [-0.3, -0.25) is 0 Å². The van der Waals surface area contributed by atoms with Gasteiger partial charge in [0.05, 0.1) is 18.4 Å². The van der Waals surface area contributed by atoms with E-state index in [9.17, 15) is 5.11 Å². The number of hydrogen-bond donors (Lipinski definition) is 2. The van der Waals surface area contributed by atoms with Crippen molar-refractivity contribution in [3.8, 4) is 5.75 Å². The van der Waals surface area contributed by atoms with E-state index in [2.05, 4.69) is 9.97 Å². The minimum absolute atomic E-state index is 0.275. The number of nitrogens with zero attached hydrogens (tertiary/aromatic N) is 3. The minimum atomic E-state index is -0.805. The number of fused-ring (bicyclic) bond motifs is 2. The number of aliphatic hydroxyl groups is 2. The van der Waals surface area contributed by atoms with E-state index in [1.165, 1.54) is 0 Å². The summed E-state index contributed by atoms with van der Waals surface area (Å²) < 4.78 is 5.87. The van der Waals surface area contributed by atoms with Gasteiger partial charge >= 0.3 is 0 Å². The van der Waals surface area contributed by atoms with E-state index in [-0.39, 0.29) is 6.61 Å². The van der Waals surface area contributed by atoms with E-state index in [1.54, 1.807) is 0 Å². The first-order valence-electron chi connectivity index (χ1n) is 7.65. The quantitative estimate of drug-likeness (QED) is 0.878. The van der Waals surface area contributed by atoms with Crippen molar-refractivity contribution in [1.29, 1.82) is 0 Å². The summed E-state index contributed by atoms with van der Waals surface area (Å²) in [6.07, 6.45) is -0.124. The Bertz CT molecular complexity index is 705. The van der Waals surface area contributed by atoms with Crippen molar-refractivity contribution in [1.82, 2.24) is 9.97 Å². The van der Waals surface area contributed by atoms with Crippen molar-refractivity contribution >= 4 is 5.82 Å². The molecular weight excluding hydrogens is 294 g/mol. The van der Waals surface area contributed by atoms with Crippen LogP contribution in [0.5, 0.6) is 5.75 Å². The molecule has 1 unspecified atom stereocenters. The molecule has 6 nitrogen and oxygen atoms in total. The lowest BCUT2D eigenvalue weighted by atomic mass is 10.0. The predicted molar refractivity (Wildman–Crippen MR) is 86.7 cm³/mol. The van der Waals surface area contributed by atoms with Crippen molar-refractivity contribution in [2.24, 2.45) is 0 Å². The molecule has 0 spiro atoms. The number of benzene rings is 1. The number of anilines is 1. The highest BCUT2D eigenvalue weighted by Crippen LogP contribution is 2.31. The summed E-state index contributed by atoms with van der Waals surface area (Å²) >= 11 is 0. The first-order valence-corrected chi connectivity index (χ1v) is 7.65. The lowest BCUT2D eigenvalue weighted by molar-refractivity contribution is 0.101.